The molecular weight excluding hydrogens is 362 g/mol. The molecule has 0 bridgehead atoms. The maximum absolute atomic E-state index is 11.4. The molecule has 5 rings (SSSR count). The summed E-state index contributed by atoms with van der Waals surface area (Å²) in [5.41, 5.74) is 5.86. The lowest BCUT2D eigenvalue weighted by Gasteiger charge is -2.42. The van der Waals surface area contributed by atoms with Crippen molar-refractivity contribution in [3.63, 3.8) is 0 Å². The van der Waals surface area contributed by atoms with E-state index in [2.05, 4.69) is 58.7 Å². The van der Waals surface area contributed by atoms with Gasteiger partial charge >= 0.3 is 6.09 Å². The van der Waals surface area contributed by atoms with Crippen LogP contribution in [0.3, 0.4) is 0 Å². The molecule has 5 nitrogen and oxygen atoms in total. The number of benzene rings is 2. The fraction of sp³-hybridized carbons (Fsp3) is 0.250. The molecule has 29 heavy (non-hydrogen) atoms. The standard InChI is InChI=1S/C24H23N3O2/c28-24(29)26-21-15-20-18(16-7-3-1-4-8-16)11-13-27-14-12-19(22(25-21)23(20)27)17-9-5-2-6-10-17/h1-10,15,18-19H,11-14H2,(H,25,26)(H,28,29)/t18-,19-/m1/s1. The fourth-order valence-corrected chi connectivity index (χ4v) is 4.84. The average molecular weight is 385 g/mol. The molecular formula is C24H23N3O2. The van der Waals surface area contributed by atoms with E-state index >= 15 is 0 Å². The Bertz CT molecular complexity index is 964. The van der Waals surface area contributed by atoms with Crippen molar-refractivity contribution in [2.45, 2.75) is 24.7 Å². The molecule has 1 amide bonds. The summed E-state index contributed by atoms with van der Waals surface area (Å²) in [5.74, 6) is 0.830. The Balaban J connectivity index is 1.69. The van der Waals surface area contributed by atoms with Crippen LogP contribution in [0, 0.1) is 0 Å². The number of amides is 1. The van der Waals surface area contributed by atoms with Crippen molar-refractivity contribution < 1.29 is 9.90 Å². The zero-order valence-corrected chi connectivity index (χ0v) is 16.1. The van der Waals surface area contributed by atoms with Crippen molar-refractivity contribution in [3.05, 3.63) is 89.1 Å². The van der Waals surface area contributed by atoms with Gasteiger partial charge in [-0.1, -0.05) is 60.7 Å². The Morgan fingerprint density at radius 1 is 0.931 bits per heavy atom. The van der Waals surface area contributed by atoms with E-state index in [-0.39, 0.29) is 11.8 Å². The number of anilines is 2. The van der Waals surface area contributed by atoms with E-state index in [0.29, 0.717) is 5.82 Å². The molecule has 3 heterocycles. The van der Waals surface area contributed by atoms with Crippen LogP contribution in [0.2, 0.25) is 0 Å². The summed E-state index contributed by atoms with van der Waals surface area (Å²) in [6.45, 7) is 1.99. The molecule has 0 unspecified atom stereocenters. The molecule has 3 aromatic rings. The van der Waals surface area contributed by atoms with Gasteiger partial charge in [-0.25, -0.2) is 9.78 Å². The van der Waals surface area contributed by atoms with Gasteiger partial charge in [-0.15, -0.1) is 0 Å². The van der Waals surface area contributed by atoms with Crippen LogP contribution in [0.1, 0.15) is 47.1 Å². The first-order valence-corrected chi connectivity index (χ1v) is 10.1. The molecule has 146 valence electrons. The Morgan fingerprint density at radius 3 is 2.14 bits per heavy atom. The first-order chi connectivity index (χ1) is 14.2. The monoisotopic (exact) mass is 385 g/mol. The van der Waals surface area contributed by atoms with Crippen LogP contribution in [0.15, 0.2) is 66.7 Å². The largest absolute Gasteiger partial charge is 0.465 e. The summed E-state index contributed by atoms with van der Waals surface area (Å²) in [6.07, 6.45) is 0.916. The quantitative estimate of drug-likeness (QED) is 0.662. The van der Waals surface area contributed by atoms with Gasteiger partial charge in [-0.05, 0) is 35.6 Å². The molecule has 2 aromatic carbocycles. The van der Waals surface area contributed by atoms with E-state index in [1.54, 1.807) is 0 Å². The zero-order chi connectivity index (χ0) is 19.8. The summed E-state index contributed by atoms with van der Waals surface area (Å²) < 4.78 is 0. The highest BCUT2D eigenvalue weighted by atomic mass is 16.4. The first-order valence-electron chi connectivity index (χ1n) is 10.1. The highest BCUT2D eigenvalue weighted by molar-refractivity contribution is 5.83. The van der Waals surface area contributed by atoms with Crippen molar-refractivity contribution in [2.75, 3.05) is 23.3 Å². The molecule has 2 atom stereocenters. The number of nitrogens with zero attached hydrogens (tertiary/aromatic N) is 2. The van der Waals surface area contributed by atoms with E-state index in [9.17, 15) is 9.90 Å². The minimum atomic E-state index is -1.08. The molecule has 2 aliphatic heterocycles. The number of carboxylic acid groups (broad SMARTS) is 1. The average Bonchev–Trinajstić information content (AvgIpc) is 2.75. The van der Waals surface area contributed by atoms with Gasteiger partial charge in [-0.2, -0.15) is 0 Å². The Labute approximate surface area is 170 Å². The van der Waals surface area contributed by atoms with Crippen LogP contribution in [0.25, 0.3) is 0 Å². The van der Waals surface area contributed by atoms with Crippen LogP contribution in [0.4, 0.5) is 16.3 Å². The zero-order valence-electron chi connectivity index (χ0n) is 16.1. The number of rotatable bonds is 3. The minimum Gasteiger partial charge on any atom is -0.465 e. The molecule has 0 saturated heterocycles. The van der Waals surface area contributed by atoms with Crippen molar-refractivity contribution in [2.24, 2.45) is 0 Å². The Kier molecular flexibility index (Phi) is 4.43. The van der Waals surface area contributed by atoms with E-state index < -0.39 is 6.09 Å². The second kappa shape index (κ2) is 7.24. The molecule has 1 aromatic heterocycles. The second-order valence-corrected chi connectivity index (χ2v) is 7.75. The Morgan fingerprint density at radius 2 is 1.52 bits per heavy atom. The van der Waals surface area contributed by atoms with Crippen molar-refractivity contribution in [1.82, 2.24) is 4.98 Å². The van der Waals surface area contributed by atoms with Crippen molar-refractivity contribution in [1.29, 1.82) is 0 Å². The van der Waals surface area contributed by atoms with Crippen LogP contribution in [-0.2, 0) is 0 Å². The fourth-order valence-electron chi connectivity index (χ4n) is 4.84. The summed E-state index contributed by atoms with van der Waals surface area (Å²) in [5, 5.41) is 11.8. The highest BCUT2D eigenvalue weighted by Crippen LogP contribution is 2.48. The predicted octanol–water partition coefficient (Wildman–Crippen LogP) is 5.05. The summed E-state index contributed by atoms with van der Waals surface area (Å²) >= 11 is 0. The Hall–Kier alpha value is -3.34. The minimum absolute atomic E-state index is 0.172. The molecule has 2 aliphatic rings. The van der Waals surface area contributed by atoms with E-state index in [1.807, 2.05) is 18.2 Å². The van der Waals surface area contributed by atoms with Crippen LogP contribution < -0.4 is 10.2 Å². The van der Waals surface area contributed by atoms with Gasteiger partial charge in [0, 0.05) is 24.9 Å². The molecule has 2 N–H and O–H groups in total. The lowest BCUT2D eigenvalue weighted by atomic mass is 9.79. The summed E-state index contributed by atoms with van der Waals surface area (Å²) in [6, 6.07) is 22.8. The number of nitrogens with one attached hydrogen (secondary N) is 1. The van der Waals surface area contributed by atoms with Crippen LogP contribution >= 0.6 is 0 Å². The number of hydrogen-bond donors (Lipinski definition) is 2. The first kappa shape index (κ1) is 17.7. The third-order valence-corrected chi connectivity index (χ3v) is 6.09. The third kappa shape index (κ3) is 3.23. The topological polar surface area (TPSA) is 65.5 Å². The van der Waals surface area contributed by atoms with Gasteiger partial charge in [0.1, 0.15) is 5.82 Å². The van der Waals surface area contributed by atoms with E-state index in [4.69, 9.17) is 4.98 Å². The van der Waals surface area contributed by atoms with Gasteiger partial charge in [-0.3, -0.25) is 5.32 Å². The van der Waals surface area contributed by atoms with Crippen LogP contribution in [0.5, 0.6) is 0 Å². The maximum atomic E-state index is 11.4. The highest BCUT2D eigenvalue weighted by Gasteiger charge is 2.36. The van der Waals surface area contributed by atoms with Crippen molar-refractivity contribution >= 4 is 17.6 Å². The van der Waals surface area contributed by atoms with Crippen LogP contribution in [-0.4, -0.2) is 29.3 Å². The van der Waals surface area contributed by atoms with Gasteiger partial charge in [0.15, 0.2) is 0 Å². The van der Waals surface area contributed by atoms with Gasteiger partial charge in [0.2, 0.25) is 0 Å². The lowest BCUT2D eigenvalue weighted by Crippen LogP contribution is -2.38. The molecule has 0 radical (unpaired) electrons. The van der Waals surface area contributed by atoms with Gasteiger partial charge in [0.05, 0.1) is 11.4 Å². The summed E-state index contributed by atoms with van der Waals surface area (Å²) in [7, 11) is 0. The SMILES string of the molecule is O=C(O)Nc1cc2c3c(n1)[C@@H](c1ccccc1)CCN3CC[C@@H]2c1ccccc1. The summed E-state index contributed by atoms with van der Waals surface area (Å²) in [4.78, 5) is 18.6. The number of aromatic nitrogens is 1. The maximum Gasteiger partial charge on any atom is 0.410 e. The normalized spacial score (nSPS) is 20.1. The second-order valence-electron chi connectivity index (χ2n) is 7.75. The lowest BCUT2D eigenvalue weighted by molar-refractivity contribution is 0.209. The third-order valence-electron chi connectivity index (χ3n) is 6.09. The smallest absolute Gasteiger partial charge is 0.410 e. The molecule has 0 saturated carbocycles. The number of pyridine rings is 1. The molecule has 0 spiro atoms. The van der Waals surface area contributed by atoms with E-state index in [1.165, 1.54) is 22.4 Å². The van der Waals surface area contributed by atoms with Gasteiger partial charge in [0.25, 0.3) is 0 Å². The number of hydrogen-bond acceptors (Lipinski definition) is 3. The predicted molar refractivity (Wildman–Crippen MR) is 114 cm³/mol. The van der Waals surface area contributed by atoms with Gasteiger partial charge < -0.3 is 10.0 Å². The molecule has 0 aliphatic carbocycles. The number of carbonyl (C=O) groups is 1. The molecule has 0 fully saturated rings. The van der Waals surface area contributed by atoms with E-state index in [0.717, 1.165) is 31.6 Å². The molecule has 5 heteroatoms. The van der Waals surface area contributed by atoms with Crippen molar-refractivity contribution in [3.8, 4) is 0 Å².